The summed E-state index contributed by atoms with van der Waals surface area (Å²) in [5, 5.41) is 11.8. The number of amides is 2. The van der Waals surface area contributed by atoms with Crippen molar-refractivity contribution in [3.63, 3.8) is 0 Å². The zero-order valence-corrected chi connectivity index (χ0v) is 18.9. The van der Waals surface area contributed by atoms with Gasteiger partial charge in [0.2, 0.25) is 5.91 Å². The van der Waals surface area contributed by atoms with Gasteiger partial charge in [-0.25, -0.2) is 14.4 Å². The van der Waals surface area contributed by atoms with E-state index in [9.17, 15) is 19.1 Å². The van der Waals surface area contributed by atoms with E-state index in [0.29, 0.717) is 15.7 Å². The Hall–Kier alpha value is -3.43. The molecule has 9 heteroatoms. The molecular weight excluding hydrogens is 495 g/mol. The van der Waals surface area contributed by atoms with Crippen molar-refractivity contribution in [1.29, 1.82) is 0 Å². The molecule has 168 valence electrons. The van der Waals surface area contributed by atoms with Crippen molar-refractivity contribution in [2.75, 3.05) is 17.1 Å². The number of rotatable bonds is 4. The average molecular weight is 513 g/mol. The van der Waals surface area contributed by atoms with Gasteiger partial charge in [-0.05, 0) is 70.0 Å². The predicted octanol–water partition coefficient (Wildman–Crippen LogP) is 4.35. The Morgan fingerprint density at radius 1 is 1.00 bits per heavy atom. The van der Waals surface area contributed by atoms with Crippen molar-refractivity contribution in [2.24, 2.45) is 5.92 Å². The summed E-state index contributed by atoms with van der Waals surface area (Å²) in [7, 11) is 1.43. The summed E-state index contributed by atoms with van der Waals surface area (Å²) in [6.45, 7) is 0. The number of hydroxylamine groups is 1. The second-order valence-electron chi connectivity index (χ2n) is 7.70. The normalized spacial score (nSPS) is 22.1. The third-order valence-corrected chi connectivity index (χ3v) is 6.43. The highest BCUT2D eigenvalue weighted by Gasteiger charge is 2.60. The Labute approximate surface area is 197 Å². The molecule has 2 fully saturated rings. The molecule has 1 N–H and O–H groups in total. The summed E-state index contributed by atoms with van der Waals surface area (Å²) in [6.07, 6.45) is -1.06. The molecule has 2 amide bonds. The van der Waals surface area contributed by atoms with Crippen LogP contribution in [-0.4, -0.2) is 30.1 Å². The molecule has 2 aliphatic heterocycles. The number of hydrogen-bond acceptors (Lipinski definition) is 6. The highest BCUT2D eigenvalue weighted by atomic mass is 79.9. The minimum Gasteiger partial charge on any atom is -0.503 e. The van der Waals surface area contributed by atoms with E-state index in [1.807, 2.05) is 30.3 Å². The maximum atomic E-state index is 13.6. The molecule has 0 spiro atoms. The summed E-state index contributed by atoms with van der Waals surface area (Å²) in [5.74, 6) is -2.19. The monoisotopic (exact) mass is 512 g/mol. The lowest BCUT2D eigenvalue weighted by Crippen LogP contribution is -2.37. The third-order valence-electron chi connectivity index (χ3n) is 5.82. The first-order valence-electron chi connectivity index (χ1n) is 10.1. The minimum absolute atomic E-state index is 0.0789. The average Bonchev–Trinajstić information content (AvgIpc) is 3.33. The van der Waals surface area contributed by atoms with E-state index >= 15 is 0 Å². The van der Waals surface area contributed by atoms with Crippen LogP contribution in [0.25, 0.3) is 0 Å². The van der Waals surface area contributed by atoms with Gasteiger partial charge in [-0.3, -0.25) is 14.4 Å². The maximum absolute atomic E-state index is 13.6. The third kappa shape index (κ3) is 3.44. The molecule has 3 aromatic rings. The number of aromatic hydroxyl groups is 1. The first kappa shape index (κ1) is 21.4. The van der Waals surface area contributed by atoms with Gasteiger partial charge in [0.25, 0.3) is 5.91 Å². The summed E-state index contributed by atoms with van der Waals surface area (Å²) in [6, 6.07) is 16.9. The highest BCUT2D eigenvalue weighted by Crippen LogP contribution is 2.49. The van der Waals surface area contributed by atoms with Crippen molar-refractivity contribution < 1.29 is 28.7 Å². The van der Waals surface area contributed by atoms with Crippen LogP contribution < -0.4 is 14.7 Å². The number of ether oxygens (including phenoxy) is 1. The van der Waals surface area contributed by atoms with Crippen LogP contribution in [0.15, 0.2) is 71.2 Å². The number of imide groups is 1. The van der Waals surface area contributed by atoms with Crippen LogP contribution in [0, 0.1) is 11.7 Å². The molecule has 2 heterocycles. The maximum Gasteiger partial charge on any atom is 0.266 e. The zero-order chi connectivity index (χ0) is 23.3. The molecule has 2 aliphatic rings. The first-order valence-corrected chi connectivity index (χ1v) is 10.9. The van der Waals surface area contributed by atoms with Gasteiger partial charge in [0.1, 0.15) is 11.7 Å². The standard InChI is InChI=1S/C24H18BrFN2O5/c1-32-18-12-13(11-17(25)21(18)29)20-19-22(33-28(20)16-5-3-2-4-6-16)24(31)27(23(19)30)15-9-7-14(26)8-10-15/h2-12,19-20,22,29H,1H3/t19-,20+,22-/m1/s1. The van der Waals surface area contributed by atoms with E-state index in [1.165, 1.54) is 31.4 Å². The van der Waals surface area contributed by atoms with E-state index in [-0.39, 0.29) is 17.2 Å². The van der Waals surface area contributed by atoms with E-state index in [4.69, 9.17) is 9.57 Å². The number of halogens is 2. The molecule has 3 aromatic carbocycles. The number of phenols is 1. The Balaban J connectivity index is 1.62. The van der Waals surface area contributed by atoms with Gasteiger partial charge in [-0.1, -0.05) is 18.2 Å². The van der Waals surface area contributed by atoms with Gasteiger partial charge < -0.3 is 9.84 Å². The number of phenolic OH excluding ortho intramolecular Hbond substituents is 1. The molecule has 2 saturated heterocycles. The summed E-state index contributed by atoms with van der Waals surface area (Å²) in [4.78, 5) is 33.9. The first-order chi connectivity index (χ1) is 15.9. The molecule has 3 atom stereocenters. The Morgan fingerprint density at radius 3 is 2.36 bits per heavy atom. The van der Waals surface area contributed by atoms with Crippen LogP contribution in [0.4, 0.5) is 15.8 Å². The van der Waals surface area contributed by atoms with Crippen LogP contribution >= 0.6 is 15.9 Å². The topological polar surface area (TPSA) is 79.3 Å². The smallest absolute Gasteiger partial charge is 0.266 e. The number of fused-ring (bicyclic) bond motifs is 1. The molecule has 5 rings (SSSR count). The number of carbonyl (C=O) groups excluding carboxylic acids is 2. The van der Waals surface area contributed by atoms with E-state index in [1.54, 1.807) is 17.2 Å². The Morgan fingerprint density at radius 2 is 1.70 bits per heavy atom. The number of nitrogens with zero attached hydrogens (tertiary/aromatic N) is 2. The van der Waals surface area contributed by atoms with Gasteiger partial charge >= 0.3 is 0 Å². The number of hydrogen-bond donors (Lipinski definition) is 1. The highest BCUT2D eigenvalue weighted by molar-refractivity contribution is 9.10. The molecule has 0 unspecified atom stereocenters. The van der Waals surface area contributed by atoms with Crippen LogP contribution in [0.1, 0.15) is 11.6 Å². The Bertz CT molecular complexity index is 1240. The van der Waals surface area contributed by atoms with Crippen LogP contribution in [-0.2, 0) is 14.4 Å². The summed E-state index contributed by atoms with van der Waals surface area (Å²) in [5.41, 5.74) is 1.54. The van der Waals surface area contributed by atoms with Gasteiger partial charge in [0.05, 0.1) is 29.0 Å². The molecule has 7 nitrogen and oxygen atoms in total. The van der Waals surface area contributed by atoms with E-state index in [2.05, 4.69) is 15.9 Å². The van der Waals surface area contributed by atoms with Crippen molar-refractivity contribution in [3.8, 4) is 11.5 Å². The van der Waals surface area contributed by atoms with Crippen LogP contribution in [0.2, 0.25) is 0 Å². The minimum atomic E-state index is -1.06. The fraction of sp³-hybridized carbons (Fsp3) is 0.167. The number of benzene rings is 3. The fourth-order valence-corrected chi connectivity index (χ4v) is 4.78. The van der Waals surface area contributed by atoms with Gasteiger partial charge in [0, 0.05) is 0 Å². The SMILES string of the molecule is COc1cc([C@H]2[C@H]3C(=O)N(c4ccc(F)cc4)C(=O)[C@@H]3ON2c2ccccc2)cc(Br)c1O. The van der Waals surface area contributed by atoms with Crippen LogP contribution in [0.3, 0.4) is 0 Å². The molecule has 0 saturated carbocycles. The fourth-order valence-electron chi connectivity index (χ4n) is 4.32. The van der Waals surface area contributed by atoms with Gasteiger partial charge in [0.15, 0.2) is 17.6 Å². The lowest BCUT2D eigenvalue weighted by molar-refractivity contribution is -0.126. The van der Waals surface area contributed by atoms with E-state index in [0.717, 1.165) is 4.90 Å². The molecule has 33 heavy (non-hydrogen) atoms. The number of carbonyl (C=O) groups is 2. The second-order valence-corrected chi connectivity index (χ2v) is 8.55. The van der Waals surface area contributed by atoms with Gasteiger partial charge in [-0.15, -0.1) is 0 Å². The summed E-state index contributed by atoms with van der Waals surface area (Å²) < 4.78 is 19.1. The summed E-state index contributed by atoms with van der Waals surface area (Å²) >= 11 is 3.33. The molecular formula is C24H18BrFN2O5. The lowest BCUT2D eigenvalue weighted by Gasteiger charge is -2.29. The second kappa shape index (κ2) is 8.17. The van der Waals surface area contributed by atoms with E-state index < -0.39 is 35.7 Å². The number of anilines is 2. The van der Waals surface area contributed by atoms with Crippen molar-refractivity contribution in [3.05, 3.63) is 82.6 Å². The van der Waals surface area contributed by atoms with Crippen molar-refractivity contribution >= 4 is 39.1 Å². The van der Waals surface area contributed by atoms with Crippen molar-refractivity contribution in [1.82, 2.24) is 0 Å². The van der Waals surface area contributed by atoms with Gasteiger partial charge in [-0.2, -0.15) is 0 Å². The zero-order valence-electron chi connectivity index (χ0n) is 17.3. The predicted molar refractivity (Wildman–Crippen MR) is 121 cm³/mol. The largest absolute Gasteiger partial charge is 0.503 e. The van der Waals surface area contributed by atoms with Crippen molar-refractivity contribution in [2.45, 2.75) is 12.1 Å². The molecule has 0 aliphatic carbocycles. The Kier molecular flexibility index (Phi) is 5.30. The molecule has 0 radical (unpaired) electrons. The number of para-hydroxylation sites is 1. The number of methoxy groups -OCH3 is 1. The molecule has 0 aromatic heterocycles. The lowest BCUT2D eigenvalue weighted by atomic mass is 9.90. The van der Waals surface area contributed by atoms with Crippen LogP contribution in [0.5, 0.6) is 11.5 Å². The molecule has 0 bridgehead atoms. The quantitative estimate of drug-likeness (QED) is 0.523.